The minimum absolute atomic E-state index is 0.209. The molecule has 0 aliphatic carbocycles. The fraction of sp³-hybridized carbons (Fsp3) is 0.182. The van der Waals surface area contributed by atoms with Crippen LogP contribution in [-0.2, 0) is 6.18 Å². The smallest absolute Gasteiger partial charge is 0.373 e. The van der Waals surface area contributed by atoms with Crippen molar-refractivity contribution in [1.82, 2.24) is 4.98 Å². The topological polar surface area (TPSA) is 24.9 Å². The van der Waals surface area contributed by atoms with Crippen molar-refractivity contribution in [2.75, 3.05) is 12.4 Å². The Morgan fingerprint density at radius 2 is 2.06 bits per heavy atom. The van der Waals surface area contributed by atoms with Gasteiger partial charge in [-0.1, -0.05) is 0 Å². The Kier molecular flexibility index (Phi) is 3.06. The lowest BCUT2D eigenvalue weighted by molar-refractivity contribution is -0.137. The van der Waals surface area contributed by atoms with Crippen molar-refractivity contribution >= 4 is 17.2 Å². The first-order chi connectivity index (χ1) is 8.00. The maximum absolute atomic E-state index is 12.7. The van der Waals surface area contributed by atoms with E-state index in [1.807, 2.05) is 0 Å². The number of nitrogens with zero attached hydrogens (tertiary/aromatic N) is 1. The summed E-state index contributed by atoms with van der Waals surface area (Å²) in [4.78, 5) is 4.10. The lowest BCUT2D eigenvalue weighted by Crippen LogP contribution is -2.07. The number of alkyl halides is 3. The van der Waals surface area contributed by atoms with Crippen molar-refractivity contribution in [3.05, 3.63) is 34.5 Å². The van der Waals surface area contributed by atoms with Crippen LogP contribution < -0.4 is 5.32 Å². The Morgan fingerprint density at radius 1 is 1.29 bits per heavy atom. The lowest BCUT2D eigenvalue weighted by atomic mass is 10.1. The molecule has 0 aromatic carbocycles. The molecule has 2 heterocycles. The highest BCUT2D eigenvalue weighted by Crippen LogP contribution is 2.33. The average Bonchev–Trinajstić information content (AvgIpc) is 2.80. The van der Waals surface area contributed by atoms with Crippen LogP contribution in [0, 0.1) is 0 Å². The number of aromatic nitrogens is 1. The summed E-state index contributed by atoms with van der Waals surface area (Å²) < 4.78 is 38.0. The zero-order chi connectivity index (χ0) is 12.5. The van der Waals surface area contributed by atoms with Gasteiger partial charge in [0.2, 0.25) is 0 Å². The number of anilines is 1. The number of thiophene rings is 1. The summed E-state index contributed by atoms with van der Waals surface area (Å²) >= 11 is 1.42. The number of hydrogen-bond acceptors (Lipinski definition) is 3. The third-order valence-electron chi connectivity index (χ3n) is 2.23. The lowest BCUT2D eigenvalue weighted by Gasteiger charge is -2.10. The molecule has 0 spiro atoms. The molecule has 6 heteroatoms. The first-order valence-electron chi connectivity index (χ1n) is 4.80. The van der Waals surface area contributed by atoms with E-state index in [2.05, 4.69) is 10.3 Å². The molecular formula is C11H9F3N2S. The highest BCUT2D eigenvalue weighted by molar-refractivity contribution is 7.08. The number of pyridine rings is 1. The van der Waals surface area contributed by atoms with E-state index in [1.165, 1.54) is 11.3 Å². The van der Waals surface area contributed by atoms with Gasteiger partial charge in [0, 0.05) is 18.0 Å². The molecule has 0 aliphatic heterocycles. The van der Waals surface area contributed by atoms with E-state index in [9.17, 15) is 13.2 Å². The highest BCUT2D eigenvalue weighted by Gasteiger charge is 2.31. The van der Waals surface area contributed by atoms with Gasteiger partial charge in [0.1, 0.15) is 5.82 Å². The van der Waals surface area contributed by atoms with Crippen LogP contribution in [0.5, 0.6) is 0 Å². The Labute approximate surface area is 100 Å². The van der Waals surface area contributed by atoms with Crippen molar-refractivity contribution in [3.8, 4) is 11.3 Å². The van der Waals surface area contributed by atoms with Gasteiger partial charge in [-0.3, -0.25) is 0 Å². The Hall–Kier alpha value is -1.56. The van der Waals surface area contributed by atoms with Crippen molar-refractivity contribution in [2.24, 2.45) is 0 Å². The molecule has 0 atom stereocenters. The van der Waals surface area contributed by atoms with E-state index >= 15 is 0 Å². The van der Waals surface area contributed by atoms with Gasteiger partial charge in [0.15, 0.2) is 0 Å². The predicted octanol–water partition coefficient (Wildman–Crippen LogP) is 3.87. The first kappa shape index (κ1) is 11.9. The minimum atomic E-state index is -4.36. The van der Waals surface area contributed by atoms with Crippen LogP contribution in [0.2, 0.25) is 0 Å². The second-order valence-corrected chi connectivity index (χ2v) is 4.17. The number of hydrogen-bond donors (Lipinski definition) is 1. The van der Waals surface area contributed by atoms with E-state index in [4.69, 9.17) is 0 Å². The zero-order valence-electron chi connectivity index (χ0n) is 8.88. The van der Waals surface area contributed by atoms with E-state index in [-0.39, 0.29) is 5.82 Å². The van der Waals surface area contributed by atoms with E-state index < -0.39 is 11.7 Å². The maximum atomic E-state index is 12.7. The molecule has 2 aromatic heterocycles. The third kappa shape index (κ3) is 2.58. The summed E-state index contributed by atoms with van der Waals surface area (Å²) in [5.74, 6) is 0.209. The molecule has 1 N–H and O–H groups in total. The van der Waals surface area contributed by atoms with Gasteiger partial charge in [-0.25, -0.2) is 4.98 Å². The van der Waals surface area contributed by atoms with Gasteiger partial charge in [0.25, 0.3) is 0 Å². The predicted molar refractivity (Wildman–Crippen MR) is 62.1 cm³/mol. The average molecular weight is 258 g/mol. The largest absolute Gasteiger partial charge is 0.416 e. The summed E-state index contributed by atoms with van der Waals surface area (Å²) in [6.45, 7) is 0. The Morgan fingerprint density at radius 3 is 2.59 bits per heavy atom. The normalized spacial score (nSPS) is 11.5. The molecule has 0 amide bonds. The number of halogens is 3. The van der Waals surface area contributed by atoms with Gasteiger partial charge in [-0.2, -0.15) is 24.5 Å². The van der Waals surface area contributed by atoms with Crippen LogP contribution in [0.15, 0.2) is 29.0 Å². The standard InChI is InChI=1S/C11H9F3N2S/c1-15-10-5-8(11(12,13)14)4-9(16-10)7-2-3-17-6-7/h2-6H,1H3,(H,15,16). The van der Waals surface area contributed by atoms with Crippen LogP contribution in [0.4, 0.5) is 19.0 Å². The first-order valence-corrected chi connectivity index (χ1v) is 5.74. The Bertz CT molecular complexity index is 506. The van der Waals surface area contributed by atoms with Crippen molar-refractivity contribution in [2.45, 2.75) is 6.18 Å². The van der Waals surface area contributed by atoms with Gasteiger partial charge < -0.3 is 5.32 Å². The molecule has 0 aliphatic rings. The molecule has 2 aromatic rings. The summed E-state index contributed by atoms with van der Waals surface area (Å²) in [5, 5.41) is 6.20. The maximum Gasteiger partial charge on any atom is 0.416 e. The SMILES string of the molecule is CNc1cc(C(F)(F)F)cc(-c2ccsc2)n1. The second-order valence-electron chi connectivity index (χ2n) is 3.39. The quantitative estimate of drug-likeness (QED) is 0.884. The zero-order valence-corrected chi connectivity index (χ0v) is 9.69. The molecule has 2 nitrogen and oxygen atoms in total. The molecule has 0 saturated heterocycles. The second kappa shape index (κ2) is 4.37. The molecule has 2 rings (SSSR count). The molecule has 0 unspecified atom stereocenters. The van der Waals surface area contributed by atoms with Crippen LogP contribution in [0.25, 0.3) is 11.3 Å². The van der Waals surface area contributed by atoms with Crippen molar-refractivity contribution < 1.29 is 13.2 Å². The van der Waals surface area contributed by atoms with Crippen LogP contribution in [-0.4, -0.2) is 12.0 Å². The van der Waals surface area contributed by atoms with Crippen LogP contribution >= 0.6 is 11.3 Å². The van der Waals surface area contributed by atoms with E-state index in [0.717, 1.165) is 12.1 Å². The third-order valence-corrected chi connectivity index (χ3v) is 2.91. The summed E-state index contributed by atoms with van der Waals surface area (Å²) in [6, 6.07) is 3.80. The van der Waals surface area contributed by atoms with E-state index in [1.54, 1.807) is 23.9 Å². The molecule has 0 radical (unpaired) electrons. The summed E-state index contributed by atoms with van der Waals surface area (Å²) in [6.07, 6.45) is -4.36. The molecule has 17 heavy (non-hydrogen) atoms. The van der Waals surface area contributed by atoms with Gasteiger partial charge >= 0.3 is 6.18 Å². The molecular weight excluding hydrogens is 249 g/mol. The molecule has 90 valence electrons. The van der Waals surface area contributed by atoms with Crippen molar-refractivity contribution in [1.29, 1.82) is 0 Å². The molecule has 0 saturated carbocycles. The van der Waals surface area contributed by atoms with Crippen molar-refractivity contribution in [3.63, 3.8) is 0 Å². The number of rotatable bonds is 2. The summed E-state index contributed by atoms with van der Waals surface area (Å²) in [7, 11) is 1.54. The van der Waals surface area contributed by atoms with Gasteiger partial charge in [-0.15, -0.1) is 0 Å². The van der Waals surface area contributed by atoms with Crippen LogP contribution in [0.1, 0.15) is 5.56 Å². The highest BCUT2D eigenvalue weighted by atomic mass is 32.1. The summed E-state index contributed by atoms with van der Waals surface area (Å²) in [5.41, 5.74) is 0.320. The Balaban J connectivity index is 2.54. The fourth-order valence-electron chi connectivity index (χ4n) is 1.38. The fourth-order valence-corrected chi connectivity index (χ4v) is 2.03. The van der Waals surface area contributed by atoms with E-state index in [0.29, 0.717) is 11.3 Å². The number of nitrogens with one attached hydrogen (secondary N) is 1. The molecule has 0 fully saturated rings. The molecule has 0 bridgehead atoms. The van der Waals surface area contributed by atoms with Crippen LogP contribution in [0.3, 0.4) is 0 Å². The monoisotopic (exact) mass is 258 g/mol. The minimum Gasteiger partial charge on any atom is -0.373 e. The van der Waals surface area contributed by atoms with Gasteiger partial charge in [0.05, 0.1) is 11.3 Å². The van der Waals surface area contributed by atoms with Gasteiger partial charge in [-0.05, 0) is 23.6 Å².